The molecule has 0 radical (unpaired) electrons. The van der Waals surface area contributed by atoms with E-state index in [1.165, 1.54) is 33.5 Å². The molecule has 0 aromatic heterocycles. The number of hydrogen-bond acceptors (Lipinski definition) is 7. The van der Waals surface area contributed by atoms with Crippen LogP contribution >= 0.6 is 0 Å². The maximum Gasteiger partial charge on any atom is 0.161 e. The Morgan fingerprint density at radius 2 is 1.56 bits per heavy atom. The molecule has 0 saturated carbocycles. The number of aldehydes is 1. The molecule has 45 heavy (non-hydrogen) atoms. The number of nitrogens with zero attached hydrogens (tertiary/aromatic N) is 2. The molecule has 0 amide bonds. The lowest BCUT2D eigenvalue weighted by Crippen LogP contribution is -2.25. The largest absolute Gasteiger partial charge is 0.492 e. The first-order chi connectivity index (χ1) is 21.9. The predicted octanol–water partition coefficient (Wildman–Crippen LogP) is 7.32. The maximum atomic E-state index is 11.3. The zero-order valence-corrected chi connectivity index (χ0v) is 28.8. The summed E-state index contributed by atoms with van der Waals surface area (Å²) in [5.74, 6) is 2.86. The second-order valence-electron chi connectivity index (χ2n) is 11.6. The molecule has 2 heterocycles. The molecule has 1 saturated heterocycles. The minimum atomic E-state index is 0.212. The first-order valence-electron chi connectivity index (χ1n) is 16.6. The Bertz CT molecular complexity index is 1300. The highest BCUT2D eigenvalue weighted by Gasteiger charge is 2.34. The summed E-state index contributed by atoms with van der Waals surface area (Å²) in [6.07, 6.45) is 4.17. The summed E-state index contributed by atoms with van der Waals surface area (Å²) in [5, 5.41) is 3.29. The normalized spacial score (nSPS) is 17.1. The fourth-order valence-electron chi connectivity index (χ4n) is 6.06. The van der Waals surface area contributed by atoms with E-state index in [4.69, 9.17) is 14.2 Å². The average Bonchev–Trinajstić information content (AvgIpc) is 3.49. The van der Waals surface area contributed by atoms with Crippen LogP contribution < -0.4 is 19.5 Å². The molecule has 7 nitrogen and oxygen atoms in total. The lowest BCUT2D eigenvalue weighted by atomic mass is 9.93. The Morgan fingerprint density at radius 3 is 2.13 bits per heavy atom. The van der Waals surface area contributed by atoms with Crippen molar-refractivity contribution in [2.24, 2.45) is 0 Å². The molecular weight excluding hydrogens is 562 g/mol. The second kappa shape index (κ2) is 18.4. The van der Waals surface area contributed by atoms with Crippen LogP contribution in [0, 0.1) is 6.92 Å². The van der Waals surface area contributed by atoms with Gasteiger partial charge in [-0.05, 0) is 92.7 Å². The van der Waals surface area contributed by atoms with Crippen LogP contribution in [0.3, 0.4) is 0 Å². The molecule has 3 aromatic rings. The van der Waals surface area contributed by atoms with Gasteiger partial charge in [-0.15, -0.1) is 0 Å². The molecule has 0 bridgehead atoms. The first-order valence-corrected chi connectivity index (χ1v) is 16.6. The van der Waals surface area contributed by atoms with Crippen LogP contribution in [-0.4, -0.2) is 76.7 Å². The van der Waals surface area contributed by atoms with Gasteiger partial charge in [0.1, 0.15) is 31.9 Å². The van der Waals surface area contributed by atoms with Crippen LogP contribution in [0.1, 0.15) is 73.9 Å². The lowest BCUT2D eigenvalue weighted by Gasteiger charge is -2.22. The van der Waals surface area contributed by atoms with Gasteiger partial charge >= 0.3 is 0 Å². The second-order valence-corrected chi connectivity index (χ2v) is 11.6. The third-order valence-corrected chi connectivity index (χ3v) is 8.28. The van der Waals surface area contributed by atoms with Crippen LogP contribution in [0.2, 0.25) is 0 Å². The molecule has 1 fully saturated rings. The quantitative estimate of drug-likeness (QED) is 0.226. The standard InChI is InChI=1S/C24H30N2O4.C12H19N.C2H6/c1-25(2)10-12-28-21-6-3-18(4-7-21)22-15-20(17-26(22)9-11-27)19-5-8-23-24(16-19)30-14-13-29-23;1-5-10-7-9(3)8-11(6-2)12(10)13-4;1-2/h3-8,11,16,20,22H,9-10,12-15,17H2,1-2H3;7-8,13H,5-6H2,1-4H3;1-2H3/t20-,22-;;/m1../s1. The van der Waals surface area contributed by atoms with Crippen molar-refractivity contribution in [3.63, 3.8) is 0 Å². The Kier molecular flexibility index (Phi) is 14.7. The molecule has 5 rings (SSSR count). The van der Waals surface area contributed by atoms with Gasteiger partial charge in [0.25, 0.3) is 0 Å². The number of rotatable bonds is 11. The van der Waals surface area contributed by atoms with Crippen molar-refractivity contribution in [3.8, 4) is 17.2 Å². The minimum Gasteiger partial charge on any atom is -0.492 e. The van der Waals surface area contributed by atoms with Crippen molar-refractivity contribution in [3.05, 3.63) is 82.4 Å². The van der Waals surface area contributed by atoms with Crippen LogP contribution in [0.4, 0.5) is 5.69 Å². The van der Waals surface area contributed by atoms with Crippen molar-refractivity contribution in [2.45, 2.75) is 65.8 Å². The number of hydrogen-bond donors (Lipinski definition) is 1. The zero-order valence-electron chi connectivity index (χ0n) is 28.8. The first kappa shape index (κ1) is 35.9. The van der Waals surface area contributed by atoms with E-state index < -0.39 is 0 Å². The van der Waals surface area contributed by atoms with Gasteiger partial charge in [-0.1, -0.05) is 63.6 Å². The highest BCUT2D eigenvalue weighted by atomic mass is 16.6. The van der Waals surface area contributed by atoms with Crippen LogP contribution in [0.25, 0.3) is 0 Å². The summed E-state index contributed by atoms with van der Waals surface area (Å²) >= 11 is 0. The number of nitrogens with one attached hydrogen (secondary N) is 1. The van der Waals surface area contributed by atoms with Gasteiger partial charge in [0.05, 0.1) is 6.54 Å². The minimum absolute atomic E-state index is 0.212. The number of benzene rings is 3. The van der Waals surface area contributed by atoms with E-state index in [2.05, 4.69) is 72.3 Å². The van der Waals surface area contributed by atoms with Gasteiger partial charge in [-0.3, -0.25) is 4.90 Å². The van der Waals surface area contributed by atoms with Gasteiger partial charge in [-0.2, -0.15) is 0 Å². The van der Waals surface area contributed by atoms with E-state index in [0.29, 0.717) is 32.3 Å². The van der Waals surface area contributed by atoms with Crippen molar-refractivity contribution in [2.75, 3.05) is 65.9 Å². The molecule has 246 valence electrons. The summed E-state index contributed by atoms with van der Waals surface area (Å²) in [5.41, 5.74) is 8.01. The average molecular weight is 618 g/mol. The third kappa shape index (κ3) is 9.97. The molecule has 2 aliphatic rings. The lowest BCUT2D eigenvalue weighted by molar-refractivity contribution is -0.109. The molecule has 0 spiro atoms. The summed E-state index contributed by atoms with van der Waals surface area (Å²) in [6, 6.07) is 19.3. The summed E-state index contributed by atoms with van der Waals surface area (Å²) in [7, 11) is 6.07. The number of carbonyl (C=O) groups excluding carboxylic acids is 1. The van der Waals surface area contributed by atoms with E-state index in [0.717, 1.165) is 55.9 Å². The molecule has 2 aliphatic heterocycles. The molecule has 3 aromatic carbocycles. The molecular formula is C38H55N3O4. The number of likely N-dealkylation sites (N-methyl/N-ethyl adjacent to an activating group) is 1. The maximum absolute atomic E-state index is 11.3. The molecule has 1 N–H and O–H groups in total. The summed E-state index contributed by atoms with van der Waals surface area (Å²) < 4.78 is 17.2. The summed E-state index contributed by atoms with van der Waals surface area (Å²) in [6.45, 7) is 14.6. The molecule has 7 heteroatoms. The highest BCUT2D eigenvalue weighted by Crippen LogP contribution is 2.43. The highest BCUT2D eigenvalue weighted by molar-refractivity contribution is 5.59. The van der Waals surface area contributed by atoms with E-state index in [9.17, 15) is 4.79 Å². The third-order valence-electron chi connectivity index (χ3n) is 8.28. The monoisotopic (exact) mass is 617 g/mol. The van der Waals surface area contributed by atoms with Crippen molar-refractivity contribution in [1.82, 2.24) is 9.80 Å². The number of likely N-dealkylation sites (tertiary alicyclic amines) is 1. The van der Waals surface area contributed by atoms with Crippen LogP contribution in [-0.2, 0) is 17.6 Å². The van der Waals surface area contributed by atoms with Crippen LogP contribution in [0.15, 0.2) is 54.6 Å². The smallest absolute Gasteiger partial charge is 0.161 e. The van der Waals surface area contributed by atoms with Crippen molar-refractivity contribution >= 4 is 12.0 Å². The Morgan fingerprint density at radius 1 is 0.933 bits per heavy atom. The van der Waals surface area contributed by atoms with Gasteiger partial charge in [-0.25, -0.2) is 0 Å². The zero-order chi connectivity index (χ0) is 32.8. The Labute approximate surface area is 271 Å². The SMILES string of the molecule is CC.CCc1cc(C)cc(CC)c1NC.CN(C)CCOc1ccc([C@H]2C[C@@H](c3ccc4c(c3)OCCO4)CN2CC=O)cc1. The van der Waals surface area contributed by atoms with E-state index >= 15 is 0 Å². The topological polar surface area (TPSA) is 63.3 Å². The van der Waals surface area contributed by atoms with Gasteiger partial charge in [0.15, 0.2) is 11.5 Å². The number of fused-ring (bicyclic) bond motifs is 1. The number of aryl methyl sites for hydroxylation is 3. The van der Waals surface area contributed by atoms with E-state index in [1.807, 2.05) is 53.2 Å². The van der Waals surface area contributed by atoms with Crippen molar-refractivity contribution in [1.29, 1.82) is 0 Å². The van der Waals surface area contributed by atoms with Crippen molar-refractivity contribution < 1.29 is 19.0 Å². The molecule has 0 aliphatic carbocycles. The molecule has 0 unspecified atom stereocenters. The number of anilines is 1. The summed E-state index contributed by atoms with van der Waals surface area (Å²) in [4.78, 5) is 15.7. The number of carbonyl (C=O) groups is 1. The van der Waals surface area contributed by atoms with E-state index in [1.54, 1.807) is 0 Å². The fraction of sp³-hybridized carbons (Fsp3) is 0.500. The van der Waals surface area contributed by atoms with Gasteiger partial charge in [0.2, 0.25) is 0 Å². The van der Waals surface area contributed by atoms with Crippen LogP contribution in [0.5, 0.6) is 17.2 Å². The fourth-order valence-corrected chi connectivity index (χ4v) is 6.06. The Balaban J connectivity index is 0.000000309. The predicted molar refractivity (Wildman–Crippen MR) is 186 cm³/mol. The van der Waals surface area contributed by atoms with Gasteiger partial charge in [0, 0.05) is 31.9 Å². The van der Waals surface area contributed by atoms with E-state index in [-0.39, 0.29) is 6.04 Å². The van der Waals surface area contributed by atoms with Gasteiger partial charge < -0.3 is 29.2 Å². The Hall–Kier alpha value is -3.55. The number of ether oxygens (including phenoxy) is 3. The molecule has 2 atom stereocenters.